The molecule has 2 rings (SSSR count). The molecule has 6 nitrogen and oxygen atoms in total. The second kappa shape index (κ2) is 6.69. The molecule has 1 aliphatic rings. The summed E-state index contributed by atoms with van der Waals surface area (Å²) in [5.74, 6) is 0.400. The van der Waals surface area contributed by atoms with Crippen LogP contribution in [0, 0.1) is 12.8 Å². The van der Waals surface area contributed by atoms with Gasteiger partial charge in [-0.25, -0.2) is 8.42 Å². The van der Waals surface area contributed by atoms with Gasteiger partial charge in [0.05, 0.1) is 11.9 Å². The fourth-order valence-electron chi connectivity index (χ4n) is 2.67. The summed E-state index contributed by atoms with van der Waals surface area (Å²) >= 11 is 0. The first-order chi connectivity index (χ1) is 9.55. The highest BCUT2D eigenvalue weighted by atomic mass is 32.2. The molecular formula is C13H24N4O2S. The Balaban J connectivity index is 2.16. The lowest BCUT2D eigenvalue weighted by molar-refractivity contribution is 0.291. The number of hydrogen-bond acceptors (Lipinski definition) is 4. The Kier molecular flexibility index (Phi) is 5.17. The zero-order valence-electron chi connectivity index (χ0n) is 12.2. The van der Waals surface area contributed by atoms with Gasteiger partial charge in [-0.15, -0.1) is 0 Å². The van der Waals surface area contributed by atoms with E-state index >= 15 is 0 Å². The Morgan fingerprint density at radius 2 is 2.30 bits per heavy atom. The quantitative estimate of drug-likeness (QED) is 0.825. The van der Waals surface area contributed by atoms with Crippen LogP contribution in [0.5, 0.6) is 0 Å². The number of piperidine rings is 1. The highest BCUT2D eigenvalue weighted by molar-refractivity contribution is 7.89. The van der Waals surface area contributed by atoms with Crippen molar-refractivity contribution in [3.8, 4) is 0 Å². The molecule has 0 spiro atoms. The van der Waals surface area contributed by atoms with Gasteiger partial charge in [-0.1, -0.05) is 6.92 Å². The normalized spacial score (nSPS) is 20.4. The summed E-state index contributed by atoms with van der Waals surface area (Å²) < 4.78 is 27.1. The molecule has 1 aromatic rings. The lowest BCUT2D eigenvalue weighted by Crippen LogP contribution is -2.41. The molecule has 0 bridgehead atoms. The van der Waals surface area contributed by atoms with Crippen LogP contribution >= 0.6 is 0 Å². The Morgan fingerprint density at radius 3 is 2.85 bits per heavy atom. The van der Waals surface area contributed by atoms with Gasteiger partial charge in [-0.05, 0) is 45.2 Å². The minimum absolute atomic E-state index is 0.301. The number of hydrogen-bond donors (Lipinski definition) is 2. The first-order valence-corrected chi connectivity index (χ1v) is 8.70. The number of aryl methyl sites for hydroxylation is 1. The highest BCUT2D eigenvalue weighted by Crippen LogP contribution is 2.21. The molecule has 0 saturated carbocycles. The van der Waals surface area contributed by atoms with Crippen molar-refractivity contribution in [3.05, 3.63) is 11.9 Å². The summed E-state index contributed by atoms with van der Waals surface area (Å²) in [6.07, 6.45) is 4.44. The third-order valence-corrected chi connectivity index (χ3v) is 5.71. The van der Waals surface area contributed by atoms with Crippen LogP contribution in [0.3, 0.4) is 0 Å². The lowest BCUT2D eigenvalue weighted by atomic mass is 10.00. The van der Waals surface area contributed by atoms with E-state index in [9.17, 15) is 8.42 Å². The SMILES string of the molecule is CCCN(CC1CCCNC1)S(=O)(=O)c1cn[nH]c1C. The Morgan fingerprint density at radius 1 is 1.50 bits per heavy atom. The Hall–Kier alpha value is -0.920. The maximum absolute atomic E-state index is 12.7. The smallest absolute Gasteiger partial charge is 0.246 e. The molecule has 1 aliphatic heterocycles. The van der Waals surface area contributed by atoms with Gasteiger partial charge in [0.1, 0.15) is 4.90 Å². The van der Waals surface area contributed by atoms with Crippen molar-refractivity contribution in [1.82, 2.24) is 19.8 Å². The van der Waals surface area contributed by atoms with Gasteiger partial charge in [0, 0.05) is 13.1 Å². The lowest BCUT2D eigenvalue weighted by Gasteiger charge is -2.29. The van der Waals surface area contributed by atoms with Crippen LogP contribution in [0.4, 0.5) is 0 Å². The number of H-pyrrole nitrogens is 1. The molecule has 0 radical (unpaired) electrons. The van der Waals surface area contributed by atoms with Gasteiger partial charge in [0.15, 0.2) is 0 Å². The van der Waals surface area contributed by atoms with E-state index < -0.39 is 10.0 Å². The van der Waals surface area contributed by atoms with Crippen LogP contribution in [0.1, 0.15) is 31.9 Å². The van der Waals surface area contributed by atoms with Crippen molar-refractivity contribution < 1.29 is 8.42 Å². The minimum Gasteiger partial charge on any atom is -0.316 e. The van der Waals surface area contributed by atoms with Crippen molar-refractivity contribution in [2.24, 2.45) is 5.92 Å². The molecule has 1 aromatic heterocycles. The van der Waals surface area contributed by atoms with Gasteiger partial charge in [0.25, 0.3) is 0 Å². The number of sulfonamides is 1. The molecule has 1 unspecified atom stereocenters. The number of rotatable bonds is 6. The summed E-state index contributed by atoms with van der Waals surface area (Å²) in [5, 5.41) is 9.88. The second-order valence-electron chi connectivity index (χ2n) is 5.43. The average molecular weight is 300 g/mol. The molecule has 20 heavy (non-hydrogen) atoms. The average Bonchev–Trinajstić information content (AvgIpc) is 2.86. The number of nitrogens with one attached hydrogen (secondary N) is 2. The molecule has 0 aliphatic carbocycles. The van der Waals surface area contributed by atoms with Crippen molar-refractivity contribution in [2.75, 3.05) is 26.2 Å². The first kappa shape index (κ1) is 15.5. The van der Waals surface area contributed by atoms with Crippen LogP contribution in [0.25, 0.3) is 0 Å². The topological polar surface area (TPSA) is 78.1 Å². The van der Waals surface area contributed by atoms with Gasteiger partial charge < -0.3 is 5.32 Å². The van der Waals surface area contributed by atoms with Crippen molar-refractivity contribution in [3.63, 3.8) is 0 Å². The first-order valence-electron chi connectivity index (χ1n) is 7.26. The molecule has 7 heteroatoms. The van der Waals surface area contributed by atoms with E-state index in [-0.39, 0.29) is 0 Å². The number of aromatic amines is 1. The Labute approximate surface area is 121 Å². The summed E-state index contributed by atoms with van der Waals surface area (Å²) in [5.41, 5.74) is 0.605. The van der Waals surface area contributed by atoms with E-state index in [1.807, 2.05) is 6.92 Å². The monoisotopic (exact) mass is 300 g/mol. The zero-order valence-corrected chi connectivity index (χ0v) is 13.0. The largest absolute Gasteiger partial charge is 0.316 e. The summed E-state index contributed by atoms with van der Waals surface area (Å²) in [7, 11) is -3.44. The number of nitrogens with zero attached hydrogens (tertiary/aromatic N) is 2. The maximum atomic E-state index is 12.7. The van der Waals surface area contributed by atoms with E-state index in [4.69, 9.17) is 0 Å². The fourth-order valence-corrected chi connectivity index (χ4v) is 4.39. The number of aromatic nitrogens is 2. The maximum Gasteiger partial charge on any atom is 0.246 e. The van der Waals surface area contributed by atoms with Crippen LogP contribution in [0.15, 0.2) is 11.1 Å². The standard InChI is InChI=1S/C13H24N4O2S/c1-3-7-17(10-12-5-4-6-14-8-12)20(18,19)13-9-15-16-11(13)2/h9,12,14H,3-8,10H2,1-2H3,(H,15,16). The predicted molar refractivity (Wildman–Crippen MR) is 78.0 cm³/mol. The van der Waals surface area contributed by atoms with Crippen molar-refractivity contribution in [1.29, 1.82) is 0 Å². The zero-order chi connectivity index (χ0) is 14.6. The van der Waals surface area contributed by atoms with E-state index in [1.165, 1.54) is 6.20 Å². The summed E-state index contributed by atoms with van der Waals surface area (Å²) in [6, 6.07) is 0. The molecule has 114 valence electrons. The van der Waals surface area contributed by atoms with E-state index in [0.29, 0.717) is 29.6 Å². The van der Waals surface area contributed by atoms with E-state index in [0.717, 1.165) is 32.4 Å². The van der Waals surface area contributed by atoms with Gasteiger partial charge in [-0.3, -0.25) is 5.10 Å². The van der Waals surface area contributed by atoms with Gasteiger partial charge in [-0.2, -0.15) is 9.40 Å². The fraction of sp³-hybridized carbons (Fsp3) is 0.769. The van der Waals surface area contributed by atoms with Crippen molar-refractivity contribution >= 4 is 10.0 Å². The molecule has 1 saturated heterocycles. The molecule has 1 fully saturated rings. The van der Waals surface area contributed by atoms with Crippen LogP contribution in [-0.4, -0.2) is 49.1 Å². The van der Waals surface area contributed by atoms with Gasteiger partial charge in [0.2, 0.25) is 10.0 Å². The predicted octanol–water partition coefficient (Wildman–Crippen LogP) is 1.12. The minimum atomic E-state index is -3.44. The van der Waals surface area contributed by atoms with Crippen molar-refractivity contribution in [2.45, 2.75) is 38.0 Å². The molecular weight excluding hydrogens is 276 g/mol. The molecule has 0 amide bonds. The molecule has 2 heterocycles. The van der Waals surface area contributed by atoms with E-state index in [2.05, 4.69) is 15.5 Å². The highest BCUT2D eigenvalue weighted by Gasteiger charge is 2.29. The van der Waals surface area contributed by atoms with Crippen LogP contribution in [-0.2, 0) is 10.0 Å². The molecule has 0 aromatic carbocycles. The van der Waals surface area contributed by atoms with Crippen LogP contribution in [0.2, 0.25) is 0 Å². The third kappa shape index (κ3) is 3.39. The van der Waals surface area contributed by atoms with E-state index in [1.54, 1.807) is 11.2 Å². The van der Waals surface area contributed by atoms with Crippen LogP contribution < -0.4 is 5.32 Å². The second-order valence-corrected chi connectivity index (χ2v) is 7.34. The summed E-state index contributed by atoms with van der Waals surface area (Å²) in [4.78, 5) is 0.301. The Bertz CT molecular complexity index is 520. The molecule has 2 N–H and O–H groups in total. The van der Waals surface area contributed by atoms with Gasteiger partial charge >= 0.3 is 0 Å². The molecule has 1 atom stereocenters. The summed E-state index contributed by atoms with van der Waals surface area (Å²) in [6.45, 7) is 6.84. The third-order valence-electron chi connectivity index (χ3n) is 3.74.